The Morgan fingerprint density at radius 1 is 1.13 bits per heavy atom. The molecule has 2 aromatic carbocycles. The van der Waals surface area contributed by atoms with Crippen molar-refractivity contribution in [2.24, 2.45) is 0 Å². The number of rotatable bonds is 7. The molecule has 1 N–H and O–H groups in total. The van der Waals surface area contributed by atoms with E-state index in [4.69, 9.17) is 4.74 Å². The van der Waals surface area contributed by atoms with Crippen LogP contribution in [0.3, 0.4) is 0 Å². The molecule has 0 aliphatic carbocycles. The molecule has 0 bridgehead atoms. The molecule has 1 amide bonds. The van der Waals surface area contributed by atoms with E-state index in [1.165, 1.54) is 7.11 Å². The Kier molecular flexibility index (Phi) is 6.57. The quantitative estimate of drug-likeness (QED) is 0.432. The number of likely N-dealkylation sites (tertiary alicyclic amines) is 1. The summed E-state index contributed by atoms with van der Waals surface area (Å²) in [7, 11) is 5.47. The van der Waals surface area contributed by atoms with Crippen molar-refractivity contribution < 1.29 is 19.4 Å². The van der Waals surface area contributed by atoms with E-state index in [-0.39, 0.29) is 11.3 Å². The van der Waals surface area contributed by atoms with Crippen LogP contribution >= 0.6 is 0 Å². The number of Topliss-reactive ketones (excluding diaryl/α,β-unsaturated/α-hetero) is 1. The number of hydrogen-bond donors (Lipinski definition) is 1. The smallest absolute Gasteiger partial charge is 0.295 e. The summed E-state index contributed by atoms with van der Waals surface area (Å²) >= 11 is 0. The van der Waals surface area contributed by atoms with Gasteiger partial charge >= 0.3 is 0 Å². The summed E-state index contributed by atoms with van der Waals surface area (Å²) in [4.78, 5) is 29.6. The lowest BCUT2D eigenvalue weighted by atomic mass is 9.92. The highest BCUT2D eigenvalue weighted by Gasteiger charge is 2.46. The van der Waals surface area contributed by atoms with Crippen LogP contribution in [0.15, 0.2) is 54.1 Å². The van der Waals surface area contributed by atoms with E-state index < -0.39 is 17.7 Å². The van der Waals surface area contributed by atoms with Gasteiger partial charge in [0.15, 0.2) is 0 Å². The molecule has 0 aromatic heterocycles. The maximum absolute atomic E-state index is 13.0. The summed E-state index contributed by atoms with van der Waals surface area (Å²) in [6, 6.07) is 13.9. The molecule has 3 rings (SSSR count). The van der Waals surface area contributed by atoms with Gasteiger partial charge in [-0.05, 0) is 57.2 Å². The van der Waals surface area contributed by atoms with Gasteiger partial charge in [-0.15, -0.1) is 0 Å². The second-order valence-electron chi connectivity index (χ2n) is 7.74. The van der Waals surface area contributed by atoms with Crippen molar-refractivity contribution >= 4 is 17.4 Å². The highest BCUT2D eigenvalue weighted by Crippen LogP contribution is 2.40. The third-order valence-electron chi connectivity index (χ3n) is 5.37. The van der Waals surface area contributed by atoms with Crippen LogP contribution in [0.4, 0.5) is 0 Å². The molecule has 1 atom stereocenters. The monoisotopic (exact) mass is 408 g/mol. The topological polar surface area (TPSA) is 70.1 Å². The molecule has 1 unspecified atom stereocenters. The lowest BCUT2D eigenvalue weighted by molar-refractivity contribution is -0.139. The second-order valence-corrected chi connectivity index (χ2v) is 7.74. The zero-order valence-corrected chi connectivity index (χ0v) is 17.9. The number of aryl methyl sites for hydroxylation is 1. The predicted molar refractivity (Wildman–Crippen MR) is 116 cm³/mol. The summed E-state index contributed by atoms with van der Waals surface area (Å²) in [6.07, 6.45) is 0.724. The van der Waals surface area contributed by atoms with Gasteiger partial charge in [-0.1, -0.05) is 36.4 Å². The maximum atomic E-state index is 13.0. The Hall–Kier alpha value is -3.12. The molecule has 1 aliphatic rings. The Bertz CT molecular complexity index is 981. The first-order chi connectivity index (χ1) is 14.3. The molecular formula is C24H28N2O4. The molecule has 0 saturated carbocycles. The first-order valence-corrected chi connectivity index (χ1v) is 9.98. The Balaban J connectivity index is 2.12. The van der Waals surface area contributed by atoms with E-state index in [9.17, 15) is 14.7 Å². The van der Waals surface area contributed by atoms with Crippen molar-refractivity contribution in [2.45, 2.75) is 19.4 Å². The minimum absolute atomic E-state index is 0.118. The van der Waals surface area contributed by atoms with E-state index in [2.05, 4.69) is 0 Å². The van der Waals surface area contributed by atoms with E-state index in [0.717, 1.165) is 24.1 Å². The number of benzene rings is 2. The molecule has 1 aliphatic heterocycles. The van der Waals surface area contributed by atoms with Gasteiger partial charge in [-0.2, -0.15) is 0 Å². The number of hydrogen-bond acceptors (Lipinski definition) is 5. The van der Waals surface area contributed by atoms with Crippen LogP contribution in [0.25, 0.3) is 5.76 Å². The highest BCUT2D eigenvalue weighted by atomic mass is 16.5. The normalized spacial score (nSPS) is 18.3. The van der Waals surface area contributed by atoms with E-state index >= 15 is 0 Å². The van der Waals surface area contributed by atoms with Gasteiger partial charge in [-0.25, -0.2) is 0 Å². The summed E-state index contributed by atoms with van der Waals surface area (Å²) in [5.41, 5.74) is 2.36. The molecule has 2 aromatic rings. The van der Waals surface area contributed by atoms with Gasteiger partial charge in [0.1, 0.15) is 11.5 Å². The van der Waals surface area contributed by atoms with Crippen molar-refractivity contribution in [3.63, 3.8) is 0 Å². The van der Waals surface area contributed by atoms with E-state index in [1.807, 2.05) is 50.2 Å². The molecule has 1 saturated heterocycles. The number of aliphatic hydroxyl groups is 1. The molecule has 6 nitrogen and oxygen atoms in total. The molecule has 158 valence electrons. The van der Waals surface area contributed by atoms with Gasteiger partial charge in [0.2, 0.25) is 0 Å². The van der Waals surface area contributed by atoms with Crippen molar-refractivity contribution in [2.75, 3.05) is 34.3 Å². The van der Waals surface area contributed by atoms with E-state index in [0.29, 0.717) is 17.9 Å². The largest absolute Gasteiger partial charge is 0.507 e. The minimum atomic E-state index is -0.659. The standard InChI is InChI=1S/C24H28N2O4/c1-16-9-5-6-12-19(16)21-20(22(27)17-10-7-11-18(15-17)30-4)23(28)24(29)26(21)14-8-13-25(2)3/h5-7,9-12,15,21,27H,8,13-14H2,1-4H3/b22-20+. The zero-order chi connectivity index (χ0) is 21.8. The SMILES string of the molecule is COc1cccc(/C(O)=C2\C(=O)C(=O)N(CCCN(C)C)C2c2ccccc2C)c1. The van der Waals surface area contributed by atoms with Gasteiger partial charge in [-0.3, -0.25) is 9.59 Å². The molecule has 1 heterocycles. The number of aliphatic hydroxyl groups excluding tert-OH is 1. The fourth-order valence-electron chi connectivity index (χ4n) is 3.81. The van der Waals surface area contributed by atoms with Crippen molar-refractivity contribution in [3.05, 3.63) is 70.8 Å². The molecule has 6 heteroatoms. The Morgan fingerprint density at radius 3 is 2.53 bits per heavy atom. The Morgan fingerprint density at radius 2 is 1.87 bits per heavy atom. The number of amides is 1. The summed E-state index contributed by atoms with van der Waals surface area (Å²) in [6.45, 7) is 3.16. The number of carbonyl (C=O) groups excluding carboxylic acids is 2. The third kappa shape index (κ3) is 4.24. The minimum Gasteiger partial charge on any atom is -0.507 e. The van der Waals surface area contributed by atoms with Crippen LogP contribution in [0, 0.1) is 6.92 Å². The average Bonchev–Trinajstić information content (AvgIpc) is 2.98. The van der Waals surface area contributed by atoms with Crippen molar-refractivity contribution in [1.29, 1.82) is 0 Å². The van der Waals surface area contributed by atoms with E-state index in [1.54, 1.807) is 29.2 Å². The number of ketones is 1. The zero-order valence-electron chi connectivity index (χ0n) is 17.9. The summed E-state index contributed by atoms with van der Waals surface area (Å²) in [5.74, 6) is -0.859. The first kappa shape index (κ1) is 21.6. The van der Waals surface area contributed by atoms with Gasteiger partial charge < -0.3 is 19.6 Å². The number of nitrogens with zero attached hydrogens (tertiary/aromatic N) is 2. The van der Waals surface area contributed by atoms with Gasteiger partial charge in [0.25, 0.3) is 11.7 Å². The fourth-order valence-corrected chi connectivity index (χ4v) is 3.81. The van der Waals surface area contributed by atoms with Crippen LogP contribution < -0.4 is 4.74 Å². The van der Waals surface area contributed by atoms with Crippen molar-refractivity contribution in [1.82, 2.24) is 9.80 Å². The second kappa shape index (κ2) is 9.13. The lowest BCUT2D eigenvalue weighted by Gasteiger charge is -2.27. The first-order valence-electron chi connectivity index (χ1n) is 9.98. The lowest BCUT2D eigenvalue weighted by Crippen LogP contribution is -2.32. The summed E-state index contributed by atoms with van der Waals surface area (Å²) in [5, 5.41) is 11.1. The number of ether oxygens (including phenoxy) is 1. The molecule has 0 radical (unpaired) electrons. The van der Waals surface area contributed by atoms with Crippen LogP contribution in [-0.2, 0) is 9.59 Å². The van der Waals surface area contributed by atoms with Crippen LogP contribution in [0.2, 0.25) is 0 Å². The van der Waals surface area contributed by atoms with Crippen LogP contribution in [0.5, 0.6) is 5.75 Å². The van der Waals surface area contributed by atoms with Crippen LogP contribution in [-0.4, -0.2) is 60.9 Å². The van der Waals surface area contributed by atoms with Crippen LogP contribution in [0.1, 0.15) is 29.2 Å². The Labute approximate surface area is 177 Å². The fraction of sp³-hybridized carbons (Fsp3) is 0.333. The predicted octanol–water partition coefficient (Wildman–Crippen LogP) is 3.38. The molecule has 30 heavy (non-hydrogen) atoms. The molecular weight excluding hydrogens is 380 g/mol. The maximum Gasteiger partial charge on any atom is 0.295 e. The number of methoxy groups -OCH3 is 1. The number of carbonyl (C=O) groups is 2. The third-order valence-corrected chi connectivity index (χ3v) is 5.37. The van der Waals surface area contributed by atoms with Crippen molar-refractivity contribution in [3.8, 4) is 5.75 Å². The van der Waals surface area contributed by atoms with Gasteiger partial charge in [0, 0.05) is 12.1 Å². The van der Waals surface area contributed by atoms with Gasteiger partial charge in [0.05, 0.1) is 18.7 Å². The average molecular weight is 408 g/mol. The molecule has 1 fully saturated rings. The highest BCUT2D eigenvalue weighted by molar-refractivity contribution is 6.46. The summed E-state index contributed by atoms with van der Waals surface area (Å²) < 4.78 is 5.24. The molecule has 0 spiro atoms.